The van der Waals surface area contributed by atoms with E-state index in [4.69, 9.17) is 0 Å². The Morgan fingerprint density at radius 2 is 1.65 bits per heavy atom. The third kappa shape index (κ3) is 4.63. The third-order valence-electron chi connectivity index (χ3n) is 3.98. The molecule has 0 aliphatic carbocycles. The van der Waals surface area contributed by atoms with Crippen LogP contribution in [0.4, 0.5) is 0 Å². The lowest BCUT2D eigenvalue weighted by Gasteiger charge is -2.06. The molecule has 0 N–H and O–H groups in total. The average Bonchev–Trinajstić information content (AvgIpc) is 2.50. The summed E-state index contributed by atoms with van der Waals surface area (Å²) < 4.78 is 0. The van der Waals surface area contributed by atoms with Gasteiger partial charge in [-0.2, -0.15) is 0 Å². The molecule has 1 heterocycles. The summed E-state index contributed by atoms with van der Waals surface area (Å²) in [5.74, 6) is 0. The Balaban J connectivity index is 1.71. The number of aromatic nitrogens is 1. The molecule has 2 aromatic rings. The first kappa shape index (κ1) is 15.0. The van der Waals surface area contributed by atoms with E-state index in [-0.39, 0.29) is 0 Å². The van der Waals surface area contributed by atoms with Gasteiger partial charge in [0.05, 0.1) is 11.7 Å². The summed E-state index contributed by atoms with van der Waals surface area (Å²) in [5, 5.41) is 1.30. The molecular formula is C19H26N. The quantitative estimate of drug-likeness (QED) is 0.530. The highest BCUT2D eigenvalue weighted by atomic mass is 14.6. The fraction of sp³-hybridized carbons (Fsp3) is 0.526. The topological polar surface area (TPSA) is 12.9 Å². The summed E-state index contributed by atoms with van der Waals surface area (Å²) in [7, 11) is 0. The predicted octanol–water partition coefficient (Wildman–Crippen LogP) is 5.72. The Bertz CT molecular complexity index is 499. The molecule has 2 rings (SSSR count). The van der Waals surface area contributed by atoms with E-state index in [0.29, 0.717) is 0 Å². The molecule has 0 amide bonds. The maximum absolute atomic E-state index is 4.30. The maximum atomic E-state index is 4.30. The number of hydrogen-bond acceptors (Lipinski definition) is 1. The van der Waals surface area contributed by atoms with Crippen molar-refractivity contribution >= 4 is 10.9 Å². The van der Waals surface area contributed by atoms with Crippen molar-refractivity contribution < 1.29 is 0 Å². The normalized spacial score (nSPS) is 11.1. The van der Waals surface area contributed by atoms with Crippen molar-refractivity contribution in [3.05, 3.63) is 42.1 Å². The van der Waals surface area contributed by atoms with Crippen molar-refractivity contribution in [1.82, 2.24) is 4.98 Å². The van der Waals surface area contributed by atoms with Gasteiger partial charge in [-0.15, -0.1) is 0 Å². The van der Waals surface area contributed by atoms with Crippen LogP contribution in [0.5, 0.6) is 0 Å². The van der Waals surface area contributed by atoms with Crippen molar-refractivity contribution in [3.8, 4) is 0 Å². The van der Waals surface area contributed by atoms with E-state index in [2.05, 4.69) is 42.4 Å². The summed E-state index contributed by atoms with van der Waals surface area (Å²) >= 11 is 0. The van der Waals surface area contributed by atoms with Crippen molar-refractivity contribution in [1.29, 1.82) is 0 Å². The van der Waals surface area contributed by atoms with E-state index in [0.717, 1.165) is 5.52 Å². The summed E-state index contributed by atoms with van der Waals surface area (Å²) in [6.45, 7) is 2.27. The first-order valence-electron chi connectivity index (χ1n) is 8.16. The number of hydrogen-bond donors (Lipinski definition) is 0. The molecule has 1 radical (unpaired) electrons. The highest BCUT2D eigenvalue weighted by molar-refractivity contribution is 5.81. The molecule has 1 aromatic heterocycles. The van der Waals surface area contributed by atoms with Crippen molar-refractivity contribution in [2.75, 3.05) is 0 Å². The highest BCUT2D eigenvalue weighted by Crippen LogP contribution is 2.19. The van der Waals surface area contributed by atoms with Gasteiger partial charge < -0.3 is 0 Å². The van der Waals surface area contributed by atoms with E-state index in [1.54, 1.807) is 0 Å². The largest absolute Gasteiger partial charge is 0.246 e. The number of pyridine rings is 1. The van der Waals surface area contributed by atoms with Gasteiger partial charge in [0.15, 0.2) is 0 Å². The van der Waals surface area contributed by atoms with Crippen LogP contribution in [0, 0.1) is 6.20 Å². The van der Waals surface area contributed by atoms with E-state index in [9.17, 15) is 0 Å². The zero-order chi connectivity index (χ0) is 14.0. The molecule has 0 saturated heterocycles. The molecule has 0 fully saturated rings. The lowest BCUT2D eigenvalue weighted by atomic mass is 10.0. The SMILES string of the molecule is CCCCCCCCCCc1cccc2n[c]ccc12. The Morgan fingerprint density at radius 3 is 2.45 bits per heavy atom. The number of fused-ring (bicyclic) bond motifs is 1. The Morgan fingerprint density at radius 1 is 0.900 bits per heavy atom. The second-order valence-corrected chi connectivity index (χ2v) is 5.65. The maximum Gasteiger partial charge on any atom is 0.0894 e. The van der Waals surface area contributed by atoms with Crippen molar-refractivity contribution in [2.24, 2.45) is 0 Å². The van der Waals surface area contributed by atoms with E-state index in [1.807, 2.05) is 6.07 Å². The smallest absolute Gasteiger partial charge is 0.0894 e. The first-order valence-corrected chi connectivity index (χ1v) is 8.16. The van der Waals surface area contributed by atoms with Gasteiger partial charge in [0, 0.05) is 5.39 Å². The van der Waals surface area contributed by atoms with Gasteiger partial charge in [0.25, 0.3) is 0 Å². The molecular weight excluding hydrogens is 242 g/mol. The summed E-state index contributed by atoms with van der Waals surface area (Å²) in [4.78, 5) is 4.30. The molecule has 0 unspecified atom stereocenters. The second-order valence-electron chi connectivity index (χ2n) is 5.65. The van der Waals surface area contributed by atoms with E-state index in [1.165, 1.54) is 68.7 Å². The summed E-state index contributed by atoms with van der Waals surface area (Å²) in [6, 6.07) is 10.5. The van der Waals surface area contributed by atoms with Crippen LogP contribution in [0.15, 0.2) is 30.3 Å². The van der Waals surface area contributed by atoms with Crippen LogP contribution in [-0.2, 0) is 6.42 Å². The minimum absolute atomic E-state index is 1.07. The van der Waals surface area contributed by atoms with Crippen LogP contribution < -0.4 is 0 Å². The average molecular weight is 268 g/mol. The summed E-state index contributed by atoms with van der Waals surface area (Å²) in [5.41, 5.74) is 2.51. The first-order chi connectivity index (χ1) is 9.92. The summed E-state index contributed by atoms with van der Waals surface area (Å²) in [6.07, 6.45) is 15.1. The number of nitrogens with zero attached hydrogens (tertiary/aromatic N) is 1. The number of unbranched alkanes of at least 4 members (excludes halogenated alkanes) is 7. The Kier molecular flexibility index (Phi) is 6.56. The molecule has 0 atom stereocenters. The number of benzene rings is 1. The number of aryl methyl sites for hydroxylation is 1. The molecule has 0 aliphatic rings. The molecule has 1 heteroatoms. The fourth-order valence-electron chi connectivity index (χ4n) is 2.78. The third-order valence-corrected chi connectivity index (χ3v) is 3.98. The zero-order valence-electron chi connectivity index (χ0n) is 12.7. The minimum atomic E-state index is 1.07. The van der Waals surface area contributed by atoms with Gasteiger partial charge in [0.2, 0.25) is 0 Å². The van der Waals surface area contributed by atoms with Crippen LogP contribution in [0.2, 0.25) is 0 Å². The van der Waals surface area contributed by atoms with Crippen LogP contribution >= 0.6 is 0 Å². The number of rotatable bonds is 9. The van der Waals surface area contributed by atoms with E-state index >= 15 is 0 Å². The monoisotopic (exact) mass is 268 g/mol. The molecule has 1 aromatic carbocycles. The molecule has 0 aliphatic heterocycles. The van der Waals surface area contributed by atoms with Crippen LogP contribution in [0.25, 0.3) is 10.9 Å². The van der Waals surface area contributed by atoms with Gasteiger partial charge in [-0.25, -0.2) is 4.98 Å². The molecule has 107 valence electrons. The van der Waals surface area contributed by atoms with E-state index < -0.39 is 0 Å². The minimum Gasteiger partial charge on any atom is -0.246 e. The zero-order valence-corrected chi connectivity index (χ0v) is 12.7. The van der Waals surface area contributed by atoms with Gasteiger partial charge in [-0.1, -0.05) is 70.1 Å². The van der Waals surface area contributed by atoms with Gasteiger partial charge in [-0.3, -0.25) is 0 Å². The van der Waals surface area contributed by atoms with Crippen LogP contribution in [0.1, 0.15) is 63.9 Å². The fourth-order valence-corrected chi connectivity index (χ4v) is 2.78. The molecule has 20 heavy (non-hydrogen) atoms. The van der Waals surface area contributed by atoms with Crippen LogP contribution in [0.3, 0.4) is 0 Å². The lowest BCUT2D eigenvalue weighted by molar-refractivity contribution is 0.576. The highest BCUT2D eigenvalue weighted by Gasteiger charge is 2.01. The van der Waals surface area contributed by atoms with Crippen molar-refractivity contribution in [2.45, 2.75) is 64.7 Å². The molecule has 1 nitrogen and oxygen atoms in total. The second kappa shape index (κ2) is 8.73. The van der Waals surface area contributed by atoms with Gasteiger partial charge in [-0.05, 0) is 30.5 Å². The standard InChI is InChI=1S/C19H26N/c1-2-3-4-5-6-7-8-9-12-17-13-10-15-19-18(17)14-11-16-20-19/h10-11,13-15H,2-9,12H2,1H3. The Labute approximate surface area is 123 Å². The van der Waals surface area contributed by atoms with Gasteiger partial charge >= 0.3 is 0 Å². The Hall–Kier alpha value is -1.37. The molecule has 0 saturated carbocycles. The predicted molar refractivity (Wildman–Crippen MR) is 86.9 cm³/mol. The lowest BCUT2D eigenvalue weighted by Crippen LogP contribution is -1.89. The van der Waals surface area contributed by atoms with Gasteiger partial charge in [0.1, 0.15) is 0 Å². The van der Waals surface area contributed by atoms with Crippen LogP contribution in [-0.4, -0.2) is 4.98 Å². The molecule has 0 spiro atoms. The van der Waals surface area contributed by atoms with Crippen molar-refractivity contribution in [3.63, 3.8) is 0 Å². The molecule has 0 bridgehead atoms.